The van der Waals surface area contributed by atoms with E-state index in [4.69, 9.17) is 21.1 Å². The Morgan fingerprint density at radius 2 is 2.04 bits per heavy atom. The maximum atomic E-state index is 12.8. The van der Waals surface area contributed by atoms with Gasteiger partial charge in [-0.25, -0.2) is 4.98 Å². The zero-order chi connectivity index (χ0) is 19.1. The summed E-state index contributed by atoms with van der Waals surface area (Å²) in [6, 6.07) is 12.7. The number of rotatable bonds is 3. The number of aromatic nitrogens is 2. The van der Waals surface area contributed by atoms with Crippen LogP contribution in [0.4, 0.5) is 5.13 Å². The lowest BCUT2D eigenvalue weighted by Crippen LogP contribution is -2.12. The Hall–Kier alpha value is -3.16. The zero-order valence-corrected chi connectivity index (χ0v) is 15.9. The van der Waals surface area contributed by atoms with Crippen LogP contribution in [0.5, 0.6) is 11.5 Å². The Bertz CT molecular complexity index is 1220. The Balaban J connectivity index is 1.43. The van der Waals surface area contributed by atoms with E-state index in [0.717, 1.165) is 16.6 Å². The van der Waals surface area contributed by atoms with Gasteiger partial charge in [-0.15, -0.1) is 11.3 Å². The van der Waals surface area contributed by atoms with Gasteiger partial charge in [0.2, 0.25) is 6.79 Å². The highest BCUT2D eigenvalue weighted by atomic mass is 35.5. The van der Waals surface area contributed by atoms with Crippen molar-refractivity contribution < 1.29 is 14.3 Å². The van der Waals surface area contributed by atoms with Crippen LogP contribution in [-0.2, 0) is 0 Å². The van der Waals surface area contributed by atoms with Gasteiger partial charge in [0.05, 0.1) is 16.8 Å². The molecule has 0 aliphatic carbocycles. The monoisotopic (exact) mass is 409 g/mol. The Labute approximate surface area is 168 Å². The summed E-state index contributed by atoms with van der Waals surface area (Å²) in [4.78, 5) is 21.6. The van der Waals surface area contributed by atoms with Crippen molar-refractivity contribution >= 4 is 44.9 Å². The lowest BCUT2D eigenvalue weighted by molar-refractivity contribution is 0.102. The molecule has 5 rings (SSSR count). The van der Waals surface area contributed by atoms with Crippen LogP contribution in [-0.4, -0.2) is 22.7 Å². The van der Waals surface area contributed by atoms with E-state index in [1.807, 2.05) is 29.6 Å². The lowest BCUT2D eigenvalue weighted by Gasteiger charge is -2.06. The molecule has 0 atom stereocenters. The van der Waals surface area contributed by atoms with Crippen molar-refractivity contribution in [3.05, 3.63) is 64.6 Å². The summed E-state index contributed by atoms with van der Waals surface area (Å²) in [5.41, 5.74) is 2.63. The molecule has 1 amide bonds. The fourth-order valence-electron chi connectivity index (χ4n) is 3.01. The second-order valence-corrected chi connectivity index (χ2v) is 7.38. The molecule has 2 aromatic heterocycles. The van der Waals surface area contributed by atoms with Crippen LogP contribution in [0.15, 0.2) is 54.0 Å². The number of amides is 1. The number of hydrogen-bond acceptors (Lipinski definition) is 6. The molecule has 6 nitrogen and oxygen atoms in total. The maximum Gasteiger partial charge on any atom is 0.259 e. The first kappa shape index (κ1) is 17.0. The molecule has 0 saturated heterocycles. The number of hydrogen-bond donors (Lipinski definition) is 1. The van der Waals surface area contributed by atoms with Gasteiger partial charge in [0, 0.05) is 27.5 Å². The molecule has 0 bridgehead atoms. The summed E-state index contributed by atoms with van der Waals surface area (Å²) >= 11 is 7.50. The van der Waals surface area contributed by atoms with Gasteiger partial charge in [-0.3, -0.25) is 15.1 Å². The number of anilines is 1. The number of fused-ring (bicyclic) bond motifs is 2. The number of pyridine rings is 1. The highest BCUT2D eigenvalue weighted by Crippen LogP contribution is 2.36. The van der Waals surface area contributed by atoms with Crippen molar-refractivity contribution in [2.75, 3.05) is 12.1 Å². The van der Waals surface area contributed by atoms with E-state index < -0.39 is 0 Å². The number of thiazole rings is 1. The molecule has 4 aromatic rings. The van der Waals surface area contributed by atoms with Gasteiger partial charge in [-0.1, -0.05) is 17.7 Å². The van der Waals surface area contributed by atoms with Crippen molar-refractivity contribution in [1.82, 2.24) is 9.97 Å². The third-order valence-electron chi connectivity index (χ3n) is 4.31. The number of carbonyl (C=O) groups excluding carboxylic acids is 1. The molecule has 2 aromatic carbocycles. The van der Waals surface area contributed by atoms with E-state index >= 15 is 0 Å². The first-order valence-corrected chi connectivity index (χ1v) is 9.64. The number of carbonyl (C=O) groups is 1. The van der Waals surface area contributed by atoms with Crippen molar-refractivity contribution in [2.24, 2.45) is 0 Å². The Kier molecular flexibility index (Phi) is 4.11. The molecule has 1 aliphatic heterocycles. The van der Waals surface area contributed by atoms with Crippen LogP contribution in [0.25, 0.3) is 22.2 Å². The van der Waals surface area contributed by atoms with Gasteiger partial charge in [-0.2, -0.15) is 0 Å². The third-order valence-corrected chi connectivity index (χ3v) is 5.28. The molecule has 138 valence electrons. The molecule has 1 N–H and O–H groups in total. The fraction of sp³-hybridized carbons (Fsp3) is 0.0500. The number of ether oxygens (including phenoxy) is 2. The summed E-state index contributed by atoms with van der Waals surface area (Å²) in [7, 11) is 0. The van der Waals surface area contributed by atoms with E-state index in [-0.39, 0.29) is 12.7 Å². The van der Waals surface area contributed by atoms with Gasteiger partial charge < -0.3 is 9.47 Å². The van der Waals surface area contributed by atoms with E-state index in [9.17, 15) is 4.79 Å². The number of benzene rings is 2. The number of halogens is 1. The van der Waals surface area contributed by atoms with Crippen LogP contribution in [0, 0.1) is 0 Å². The lowest BCUT2D eigenvalue weighted by atomic mass is 10.1. The van der Waals surface area contributed by atoms with Crippen LogP contribution < -0.4 is 14.8 Å². The number of nitrogens with zero attached hydrogens (tertiary/aromatic N) is 2. The second kappa shape index (κ2) is 6.78. The van der Waals surface area contributed by atoms with E-state index in [1.165, 1.54) is 11.3 Å². The first-order chi connectivity index (χ1) is 13.7. The molecule has 0 spiro atoms. The van der Waals surface area contributed by atoms with E-state index in [1.54, 1.807) is 24.4 Å². The van der Waals surface area contributed by atoms with Gasteiger partial charge in [0.15, 0.2) is 16.6 Å². The predicted molar refractivity (Wildman–Crippen MR) is 108 cm³/mol. The van der Waals surface area contributed by atoms with Gasteiger partial charge >= 0.3 is 0 Å². The summed E-state index contributed by atoms with van der Waals surface area (Å²) in [5.74, 6) is 1.10. The molecule has 0 fully saturated rings. The molecule has 28 heavy (non-hydrogen) atoms. The summed E-state index contributed by atoms with van der Waals surface area (Å²) in [6.07, 6.45) is 1.65. The molecular formula is C20H12ClN3O3S. The average molecular weight is 410 g/mol. The molecular weight excluding hydrogens is 398 g/mol. The normalized spacial score (nSPS) is 12.3. The molecule has 8 heteroatoms. The Morgan fingerprint density at radius 1 is 1.14 bits per heavy atom. The molecule has 1 aliphatic rings. The fourth-order valence-corrected chi connectivity index (χ4v) is 3.95. The zero-order valence-electron chi connectivity index (χ0n) is 14.3. The van der Waals surface area contributed by atoms with Crippen LogP contribution in [0.3, 0.4) is 0 Å². The average Bonchev–Trinajstić information content (AvgIpc) is 3.35. The minimum Gasteiger partial charge on any atom is -0.454 e. The topological polar surface area (TPSA) is 73.3 Å². The molecule has 3 heterocycles. The first-order valence-electron chi connectivity index (χ1n) is 8.38. The van der Waals surface area contributed by atoms with Gasteiger partial charge in [0.25, 0.3) is 5.91 Å². The van der Waals surface area contributed by atoms with Crippen LogP contribution >= 0.6 is 22.9 Å². The Morgan fingerprint density at radius 3 is 2.96 bits per heavy atom. The molecule has 0 saturated carbocycles. The van der Waals surface area contributed by atoms with Crippen molar-refractivity contribution in [3.63, 3.8) is 0 Å². The third kappa shape index (κ3) is 3.04. The largest absolute Gasteiger partial charge is 0.454 e. The molecule has 0 radical (unpaired) electrons. The maximum absolute atomic E-state index is 12.8. The van der Waals surface area contributed by atoms with Crippen LogP contribution in [0.2, 0.25) is 5.02 Å². The van der Waals surface area contributed by atoms with Gasteiger partial charge in [-0.05, 0) is 36.4 Å². The number of nitrogens with one attached hydrogen (secondary N) is 1. The van der Waals surface area contributed by atoms with E-state index in [2.05, 4.69) is 15.3 Å². The highest BCUT2D eigenvalue weighted by molar-refractivity contribution is 7.14. The predicted octanol–water partition coefficient (Wildman–Crippen LogP) is 4.99. The quantitative estimate of drug-likeness (QED) is 0.515. The minimum atomic E-state index is -0.308. The highest BCUT2D eigenvalue weighted by Gasteiger charge is 2.17. The minimum absolute atomic E-state index is 0.221. The smallest absolute Gasteiger partial charge is 0.259 e. The van der Waals surface area contributed by atoms with Crippen molar-refractivity contribution in [1.29, 1.82) is 0 Å². The SMILES string of the molecule is O=C(Nc1nc(-c2ccc3c(c2)OCO3)cs1)c1cc(Cl)cc2cccnc12. The summed E-state index contributed by atoms with van der Waals surface area (Å²) < 4.78 is 10.7. The summed E-state index contributed by atoms with van der Waals surface area (Å²) in [6.45, 7) is 0.221. The standard InChI is InChI=1S/C20H12ClN3O3S/c21-13-6-12-2-1-5-22-18(12)14(8-13)19(25)24-20-23-15(9-28-20)11-3-4-16-17(7-11)27-10-26-16/h1-9H,10H2,(H,23,24,25). The second-order valence-electron chi connectivity index (χ2n) is 6.09. The molecule has 0 unspecified atom stereocenters. The van der Waals surface area contributed by atoms with Crippen molar-refractivity contribution in [3.8, 4) is 22.8 Å². The van der Waals surface area contributed by atoms with Crippen molar-refractivity contribution in [2.45, 2.75) is 0 Å². The van der Waals surface area contributed by atoms with E-state index in [0.29, 0.717) is 32.7 Å². The summed E-state index contributed by atoms with van der Waals surface area (Å²) in [5, 5.41) is 6.48. The van der Waals surface area contributed by atoms with Crippen LogP contribution in [0.1, 0.15) is 10.4 Å². The van der Waals surface area contributed by atoms with Gasteiger partial charge in [0.1, 0.15) is 0 Å².